The van der Waals surface area contributed by atoms with E-state index in [9.17, 15) is 5.11 Å². The smallest absolute Gasteiger partial charge is 0.172 e. The quantitative estimate of drug-likeness (QED) is 0.865. The lowest BCUT2D eigenvalue weighted by Crippen LogP contribution is -2.12. The Hall–Kier alpha value is -1.95. The number of anilines is 2. The predicted octanol–water partition coefficient (Wildman–Crippen LogP) is 3.24. The van der Waals surface area contributed by atoms with E-state index in [1.165, 1.54) is 7.11 Å². The van der Waals surface area contributed by atoms with Crippen LogP contribution in [0.3, 0.4) is 0 Å². The van der Waals surface area contributed by atoms with Crippen LogP contribution in [0.15, 0.2) is 35.1 Å². The Labute approximate surface area is 132 Å². The van der Waals surface area contributed by atoms with Crippen molar-refractivity contribution in [3.8, 4) is 11.5 Å². The summed E-state index contributed by atoms with van der Waals surface area (Å²) in [6.45, 7) is 0.599. The summed E-state index contributed by atoms with van der Waals surface area (Å²) in [5.41, 5.74) is 3.01. The summed E-state index contributed by atoms with van der Waals surface area (Å²) in [4.78, 5) is 6.17. The van der Waals surface area contributed by atoms with Gasteiger partial charge in [0.1, 0.15) is 0 Å². The minimum Gasteiger partial charge on any atom is -0.503 e. The summed E-state index contributed by atoms with van der Waals surface area (Å²) >= 11 is 3.32. The number of halogens is 1. The molecule has 2 aromatic rings. The van der Waals surface area contributed by atoms with E-state index in [1.807, 2.05) is 31.1 Å². The molecule has 0 saturated heterocycles. The van der Waals surface area contributed by atoms with Gasteiger partial charge in [0, 0.05) is 26.8 Å². The summed E-state index contributed by atoms with van der Waals surface area (Å²) in [6.07, 6.45) is 3.56. The number of hydrogen-bond donors (Lipinski definition) is 2. The fourth-order valence-corrected chi connectivity index (χ4v) is 2.48. The zero-order valence-corrected chi connectivity index (χ0v) is 13.8. The maximum absolute atomic E-state index is 9.82. The average Bonchev–Trinajstić information content (AvgIpc) is 2.48. The Balaban J connectivity index is 2.19. The Bertz CT molecular complexity index is 632. The van der Waals surface area contributed by atoms with Crippen LogP contribution < -0.4 is 15.0 Å². The van der Waals surface area contributed by atoms with Gasteiger partial charge in [-0.3, -0.25) is 4.98 Å². The summed E-state index contributed by atoms with van der Waals surface area (Å²) in [7, 11) is 5.51. The lowest BCUT2D eigenvalue weighted by molar-refractivity contribution is 0.371. The Morgan fingerprint density at radius 2 is 2.14 bits per heavy atom. The van der Waals surface area contributed by atoms with E-state index in [2.05, 4.69) is 26.2 Å². The molecule has 0 atom stereocenters. The molecule has 1 heterocycles. The first-order chi connectivity index (χ1) is 10.0. The van der Waals surface area contributed by atoms with Crippen molar-refractivity contribution < 1.29 is 9.84 Å². The molecular formula is C15H18BrN3O2. The number of hydrogen-bond acceptors (Lipinski definition) is 5. The van der Waals surface area contributed by atoms with Crippen molar-refractivity contribution >= 4 is 27.3 Å². The molecule has 1 aromatic carbocycles. The monoisotopic (exact) mass is 351 g/mol. The number of methoxy groups -OCH3 is 1. The van der Waals surface area contributed by atoms with Gasteiger partial charge in [0.2, 0.25) is 0 Å². The third-order valence-corrected chi connectivity index (χ3v) is 3.68. The summed E-state index contributed by atoms with van der Waals surface area (Å²) < 4.78 is 5.76. The molecular weight excluding hydrogens is 334 g/mol. The van der Waals surface area contributed by atoms with Crippen LogP contribution in [0.4, 0.5) is 11.4 Å². The highest BCUT2D eigenvalue weighted by atomic mass is 79.9. The molecule has 2 rings (SSSR count). The molecule has 0 aliphatic carbocycles. The van der Waals surface area contributed by atoms with Crippen molar-refractivity contribution in [1.82, 2.24) is 4.98 Å². The molecule has 0 fully saturated rings. The van der Waals surface area contributed by atoms with E-state index in [0.717, 1.165) is 16.9 Å². The first-order valence-corrected chi connectivity index (χ1v) is 7.22. The molecule has 6 heteroatoms. The van der Waals surface area contributed by atoms with Crippen molar-refractivity contribution in [2.24, 2.45) is 0 Å². The molecule has 0 aliphatic heterocycles. The van der Waals surface area contributed by atoms with Gasteiger partial charge in [0.05, 0.1) is 29.2 Å². The molecule has 0 amide bonds. The normalized spacial score (nSPS) is 10.3. The van der Waals surface area contributed by atoms with Gasteiger partial charge in [0.15, 0.2) is 11.5 Å². The second-order valence-electron chi connectivity index (χ2n) is 4.77. The van der Waals surface area contributed by atoms with E-state index >= 15 is 0 Å². The molecule has 0 radical (unpaired) electrons. The number of pyridine rings is 1. The van der Waals surface area contributed by atoms with Gasteiger partial charge in [-0.15, -0.1) is 0 Å². The van der Waals surface area contributed by atoms with Crippen LogP contribution in [0.5, 0.6) is 11.5 Å². The number of rotatable bonds is 5. The van der Waals surface area contributed by atoms with Crippen LogP contribution in [-0.2, 0) is 6.54 Å². The highest BCUT2D eigenvalue weighted by Crippen LogP contribution is 2.35. The van der Waals surface area contributed by atoms with E-state index in [1.54, 1.807) is 18.5 Å². The minimum absolute atomic E-state index is 0.108. The van der Waals surface area contributed by atoms with Gasteiger partial charge in [-0.2, -0.15) is 0 Å². The first-order valence-electron chi connectivity index (χ1n) is 6.43. The zero-order valence-electron chi connectivity index (χ0n) is 12.2. The summed E-state index contributed by atoms with van der Waals surface area (Å²) in [5.74, 6) is 0.553. The van der Waals surface area contributed by atoms with Gasteiger partial charge < -0.3 is 20.1 Å². The average molecular weight is 352 g/mol. The second-order valence-corrected chi connectivity index (χ2v) is 5.62. The number of ether oxygens (including phenoxy) is 1. The fraction of sp³-hybridized carbons (Fsp3) is 0.267. The Morgan fingerprint density at radius 1 is 1.38 bits per heavy atom. The SMILES string of the molecule is COc1cc(CNc2cnccc2N(C)C)cc(Br)c1O. The fourth-order valence-electron chi connectivity index (χ4n) is 2.00. The molecule has 1 aromatic heterocycles. The van der Waals surface area contributed by atoms with Crippen LogP contribution >= 0.6 is 15.9 Å². The molecule has 0 unspecified atom stereocenters. The van der Waals surface area contributed by atoms with Crippen LogP contribution in [0.25, 0.3) is 0 Å². The number of aromatic nitrogens is 1. The largest absolute Gasteiger partial charge is 0.503 e. The van der Waals surface area contributed by atoms with Gasteiger partial charge in [-0.1, -0.05) is 0 Å². The predicted molar refractivity (Wildman–Crippen MR) is 88.2 cm³/mol. The molecule has 5 nitrogen and oxygen atoms in total. The number of benzene rings is 1. The van der Waals surface area contributed by atoms with Gasteiger partial charge in [-0.25, -0.2) is 0 Å². The van der Waals surface area contributed by atoms with Crippen LogP contribution in [0.1, 0.15) is 5.56 Å². The molecule has 0 bridgehead atoms. The topological polar surface area (TPSA) is 57.6 Å². The molecule has 0 spiro atoms. The van der Waals surface area contributed by atoms with Crippen molar-refractivity contribution in [3.05, 3.63) is 40.6 Å². The van der Waals surface area contributed by atoms with E-state index in [-0.39, 0.29) is 5.75 Å². The Morgan fingerprint density at radius 3 is 2.81 bits per heavy atom. The standard InChI is InChI=1S/C15H18BrN3O2/c1-19(2)13-4-5-17-9-12(13)18-8-10-6-11(16)15(20)14(7-10)21-3/h4-7,9,18,20H,8H2,1-3H3. The lowest BCUT2D eigenvalue weighted by Gasteiger charge is -2.18. The van der Waals surface area contributed by atoms with Crippen LogP contribution in [0.2, 0.25) is 0 Å². The first kappa shape index (κ1) is 15.4. The number of nitrogens with zero attached hydrogens (tertiary/aromatic N) is 2. The molecule has 112 valence electrons. The third kappa shape index (κ3) is 3.58. The Kier molecular flexibility index (Phi) is 4.90. The molecule has 2 N–H and O–H groups in total. The lowest BCUT2D eigenvalue weighted by atomic mass is 10.2. The second kappa shape index (κ2) is 6.67. The van der Waals surface area contributed by atoms with Gasteiger partial charge in [0.25, 0.3) is 0 Å². The van der Waals surface area contributed by atoms with E-state index in [0.29, 0.717) is 16.8 Å². The molecule has 0 aliphatic rings. The number of phenols is 1. The van der Waals surface area contributed by atoms with E-state index < -0.39 is 0 Å². The maximum atomic E-state index is 9.82. The molecule has 0 saturated carbocycles. The summed E-state index contributed by atoms with van der Waals surface area (Å²) in [5, 5.41) is 13.2. The minimum atomic E-state index is 0.108. The van der Waals surface area contributed by atoms with Gasteiger partial charge >= 0.3 is 0 Å². The number of nitrogens with one attached hydrogen (secondary N) is 1. The van der Waals surface area contributed by atoms with Gasteiger partial charge in [-0.05, 0) is 39.7 Å². The third-order valence-electron chi connectivity index (χ3n) is 3.07. The highest BCUT2D eigenvalue weighted by Gasteiger charge is 2.09. The number of phenolic OH excluding ortho intramolecular Hbond substituents is 1. The van der Waals surface area contributed by atoms with E-state index in [4.69, 9.17) is 4.74 Å². The van der Waals surface area contributed by atoms with Crippen LogP contribution in [0, 0.1) is 0 Å². The zero-order chi connectivity index (χ0) is 15.4. The van der Waals surface area contributed by atoms with Crippen molar-refractivity contribution in [2.75, 3.05) is 31.4 Å². The highest BCUT2D eigenvalue weighted by molar-refractivity contribution is 9.10. The molecule has 21 heavy (non-hydrogen) atoms. The maximum Gasteiger partial charge on any atom is 0.172 e. The number of aromatic hydroxyl groups is 1. The summed E-state index contributed by atoms with van der Waals surface area (Å²) in [6, 6.07) is 5.62. The van der Waals surface area contributed by atoms with Crippen molar-refractivity contribution in [3.63, 3.8) is 0 Å². The van der Waals surface area contributed by atoms with Crippen molar-refractivity contribution in [2.45, 2.75) is 6.54 Å². The van der Waals surface area contributed by atoms with Crippen LogP contribution in [-0.4, -0.2) is 31.3 Å². The van der Waals surface area contributed by atoms with Crippen molar-refractivity contribution in [1.29, 1.82) is 0 Å².